The number of amides is 1. The molecule has 4 rings (SSSR count). The van der Waals surface area contributed by atoms with Crippen LogP contribution in [0.3, 0.4) is 0 Å². The number of nitrogens with zero attached hydrogens (tertiary/aromatic N) is 1. The molecule has 3 aromatic carbocycles. The van der Waals surface area contributed by atoms with Gasteiger partial charge in [-0.1, -0.05) is 54.6 Å². The second-order valence-electron chi connectivity index (χ2n) is 7.84. The average molecular weight is 436 g/mol. The van der Waals surface area contributed by atoms with Crippen molar-refractivity contribution in [3.05, 3.63) is 114 Å². The van der Waals surface area contributed by atoms with Crippen molar-refractivity contribution >= 4 is 23.1 Å². The summed E-state index contributed by atoms with van der Waals surface area (Å²) in [5, 5.41) is 2.87. The number of benzene rings is 3. The fourth-order valence-corrected chi connectivity index (χ4v) is 3.62. The van der Waals surface area contributed by atoms with Crippen LogP contribution in [0, 0.1) is 0 Å². The molecular weight excluding hydrogens is 410 g/mol. The average Bonchev–Trinajstić information content (AvgIpc) is 2.86. The first-order chi connectivity index (χ1) is 16.1. The van der Waals surface area contributed by atoms with Crippen molar-refractivity contribution < 1.29 is 9.59 Å². The van der Waals surface area contributed by atoms with Gasteiger partial charge in [-0.15, -0.1) is 0 Å². The molecule has 164 valence electrons. The number of hydrogen-bond acceptors (Lipinski definition) is 4. The highest BCUT2D eigenvalue weighted by atomic mass is 16.1. The van der Waals surface area contributed by atoms with E-state index in [9.17, 15) is 9.59 Å². The van der Waals surface area contributed by atoms with Gasteiger partial charge >= 0.3 is 0 Å². The third-order valence-corrected chi connectivity index (χ3v) is 5.48. The molecule has 4 aromatic rings. The van der Waals surface area contributed by atoms with E-state index in [2.05, 4.69) is 22.4 Å². The zero-order valence-electron chi connectivity index (χ0n) is 18.2. The Balaban J connectivity index is 1.38. The Morgan fingerprint density at radius 3 is 2.30 bits per heavy atom. The molecule has 0 bridgehead atoms. The minimum Gasteiger partial charge on any atom is -0.397 e. The summed E-state index contributed by atoms with van der Waals surface area (Å²) in [7, 11) is 0. The number of nitrogen functional groups attached to an aromatic ring is 1. The van der Waals surface area contributed by atoms with E-state index in [0.717, 1.165) is 24.0 Å². The number of carbonyl (C=O) groups is 2. The zero-order chi connectivity index (χ0) is 23.0. The summed E-state index contributed by atoms with van der Waals surface area (Å²) in [5.41, 5.74) is 11.2. The second kappa shape index (κ2) is 10.4. The van der Waals surface area contributed by atoms with Crippen LogP contribution in [0.25, 0.3) is 11.1 Å². The minimum absolute atomic E-state index is 0.0753. The van der Waals surface area contributed by atoms with Crippen LogP contribution in [-0.4, -0.2) is 16.7 Å². The Hall–Kier alpha value is -4.25. The second-order valence-corrected chi connectivity index (χ2v) is 7.84. The smallest absolute Gasteiger partial charge is 0.255 e. The molecule has 0 saturated carbocycles. The van der Waals surface area contributed by atoms with Crippen LogP contribution in [0.15, 0.2) is 97.3 Å². The number of Topliss-reactive ketones (excluding diaryl/α,β-unsaturated/α-hetero) is 1. The summed E-state index contributed by atoms with van der Waals surface area (Å²) < 4.78 is 0. The van der Waals surface area contributed by atoms with Gasteiger partial charge in [0, 0.05) is 35.5 Å². The van der Waals surface area contributed by atoms with E-state index < -0.39 is 0 Å². The first kappa shape index (κ1) is 22.0. The van der Waals surface area contributed by atoms with Crippen LogP contribution in [0.2, 0.25) is 0 Å². The van der Waals surface area contributed by atoms with E-state index in [-0.39, 0.29) is 11.7 Å². The lowest BCUT2D eigenvalue weighted by Gasteiger charge is -2.11. The van der Waals surface area contributed by atoms with Gasteiger partial charge in [-0.3, -0.25) is 14.6 Å². The number of nitrogens with two attached hydrogens (primary N) is 1. The highest BCUT2D eigenvalue weighted by Gasteiger charge is 2.12. The van der Waals surface area contributed by atoms with Crippen LogP contribution in [0.5, 0.6) is 0 Å². The van der Waals surface area contributed by atoms with Crippen LogP contribution < -0.4 is 11.1 Å². The van der Waals surface area contributed by atoms with Gasteiger partial charge in [0.25, 0.3) is 5.91 Å². The van der Waals surface area contributed by atoms with Gasteiger partial charge < -0.3 is 11.1 Å². The predicted octanol–water partition coefficient (Wildman–Crippen LogP) is 5.79. The fourth-order valence-electron chi connectivity index (χ4n) is 3.62. The van der Waals surface area contributed by atoms with Crippen LogP contribution in [0.4, 0.5) is 11.4 Å². The summed E-state index contributed by atoms with van der Waals surface area (Å²) in [6.07, 6.45) is 5.59. The van der Waals surface area contributed by atoms with E-state index >= 15 is 0 Å². The molecule has 0 atom stereocenters. The van der Waals surface area contributed by atoms with Crippen molar-refractivity contribution in [3.8, 4) is 11.1 Å². The first-order valence-corrected chi connectivity index (χ1v) is 10.9. The number of nitrogens with one attached hydrogen (secondary N) is 1. The van der Waals surface area contributed by atoms with E-state index in [1.165, 1.54) is 5.56 Å². The molecule has 3 N–H and O–H groups in total. The zero-order valence-corrected chi connectivity index (χ0v) is 18.2. The molecule has 0 fully saturated rings. The number of carbonyl (C=O) groups excluding carboxylic acids is 2. The van der Waals surface area contributed by atoms with E-state index in [1.807, 2.05) is 42.5 Å². The Morgan fingerprint density at radius 2 is 1.58 bits per heavy atom. The van der Waals surface area contributed by atoms with Gasteiger partial charge in [0.2, 0.25) is 0 Å². The van der Waals surface area contributed by atoms with Crippen molar-refractivity contribution in [2.24, 2.45) is 0 Å². The van der Waals surface area contributed by atoms with Gasteiger partial charge in [0.15, 0.2) is 5.78 Å². The molecule has 5 heteroatoms. The maximum atomic E-state index is 12.8. The molecule has 1 aromatic heterocycles. The number of hydrogen-bond donors (Lipinski definition) is 2. The summed E-state index contributed by atoms with van der Waals surface area (Å²) in [6, 6.07) is 26.1. The Kier molecular flexibility index (Phi) is 6.90. The van der Waals surface area contributed by atoms with Crippen LogP contribution >= 0.6 is 0 Å². The Bertz CT molecular complexity index is 1240. The number of ketones is 1. The predicted molar refractivity (Wildman–Crippen MR) is 132 cm³/mol. The first-order valence-electron chi connectivity index (χ1n) is 10.9. The number of aryl methyl sites for hydroxylation is 1. The van der Waals surface area contributed by atoms with Crippen LogP contribution in [0.1, 0.15) is 39.1 Å². The van der Waals surface area contributed by atoms with Gasteiger partial charge in [-0.05, 0) is 54.3 Å². The lowest BCUT2D eigenvalue weighted by Crippen LogP contribution is -2.13. The molecule has 0 aliphatic carbocycles. The van der Waals surface area contributed by atoms with Crippen molar-refractivity contribution in [2.45, 2.75) is 19.3 Å². The van der Waals surface area contributed by atoms with Crippen molar-refractivity contribution in [2.75, 3.05) is 11.1 Å². The number of anilines is 2. The maximum absolute atomic E-state index is 12.8. The van der Waals surface area contributed by atoms with Gasteiger partial charge in [0.1, 0.15) is 0 Å². The summed E-state index contributed by atoms with van der Waals surface area (Å²) in [4.78, 5) is 29.4. The molecule has 0 spiro atoms. The normalized spacial score (nSPS) is 10.5. The van der Waals surface area contributed by atoms with Crippen LogP contribution in [-0.2, 0) is 6.42 Å². The highest BCUT2D eigenvalue weighted by Crippen LogP contribution is 2.27. The maximum Gasteiger partial charge on any atom is 0.255 e. The topological polar surface area (TPSA) is 85.1 Å². The van der Waals surface area contributed by atoms with E-state index in [0.29, 0.717) is 28.9 Å². The van der Waals surface area contributed by atoms with Crippen molar-refractivity contribution in [3.63, 3.8) is 0 Å². The number of rotatable bonds is 8. The van der Waals surface area contributed by atoms with E-state index in [4.69, 9.17) is 5.73 Å². The summed E-state index contributed by atoms with van der Waals surface area (Å²) in [5.74, 6) is -0.209. The molecule has 0 radical (unpaired) electrons. The monoisotopic (exact) mass is 435 g/mol. The number of aromatic nitrogens is 1. The summed E-state index contributed by atoms with van der Waals surface area (Å²) >= 11 is 0. The lowest BCUT2D eigenvalue weighted by atomic mass is 10.0. The molecule has 1 amide bonds. The third kappa shape index (κ3) is 5.71. The molecular formula is C28H25N3O2. The molecule has 1 heterocycles. The Labute approximate surface area is 193 Å². The van der Waals surface area contributed by atoms with Gasteiger partial charge in [-0.25, -0.2) is 0 Å². The lowest BCUT2D eigenvalue weighted by molar-refractivity contribution is 0.0977. The van der Waals surface area contributed by atoms with Crippen molar-refractivity contribution in [1.29, 1.82) is 0 Å². The van der Waals surface area contributed by atoms with E-state index in [1.54, 1.807) is 42.7 Å². The van der Waals surface area contributed by atoms with Gasteiger partial charge in [-0.2, -0.15) is 0 Å². The molecule has 5 nitrogen and oxygen atoms in total. The largest absolute Gasteiger partial charge is 0.397 e. The Morgan fingerprint density at radius 1 is 0.818 bits per heavy atom. The standard InChI is InChI=1S/C28H25N3O2/c29-25-16-15-23(24-9-5-17-30-19-24)18-26(25)31-28(33)22-13-11-21(12-14-22)27(32)10-4-8-20-6-2-1-3-7-20/h1-3,5-7,9,11-19H,4,8,10,29H2,(H,31,33). The third-order valence-electron chi connectivity index (χ3n) is 5.48. The highest BCUT2D eigenvalue weighted by molar-refractivity contribution is 6.06. The fraction of sp³-hybridized carbons (Fsp3) is 0.107. The molecule has 0 aliphatic heterocycles. The molecule has 0 aliphatic rings. The van der Waals surface area contributed by atoms with Crippen molar-refractivity contribution in [1.82, 2.24) is 4.98 Å². The molecule has 33 heavy (non-hydrogen) atoms. The van der Waals surface area contributed by atoms with Gasteiger partial charge in [0.05, 0.1) is 11.4 Å². The SMILES string of the molecule is Nc1ccc(-c2cccnc2)cc1NC(=O)c1ccc(C(=O)CCCc2ccccc2)cc1. The molecule has 0 saturated heterocycles. The minimum atomic E-state index is -0.284. The molecule has 0 unspecified atom stereocenters. The number of pyridine rings is 1. The summed E-state index contributed by atoms with van der Waals surface area (Å²) in [6.45, 7) is 0. The quantitative estimate of drug-likeness (QED) is 0.271.